The number of benzene rings is 2. The van der Waals surface area contributed by atoms with E-state index in [1.807, 2.05) is 28.8 Å². The Kier molecular flexibility index (Phi) is 2.57. The first-order chi connectivity index (χ1) is 10.6. The van der Waals surface area contributed by atoms with Crippen LogP contribution < -0.4 is 10.3 Å². The highest BCUT2D eigenvalue weighted by Gasteiger charge is 2.12. The Bertz CT molecular complexity index is 1100. The number of H-pyrrole nitrogens is 1. The van der Waals surface area contributed by atoms with Gasteiger partial charge in [-0.2, -0.15) is 0 Å². The van der Waals surface area contributed by atoms with E-state index in [0.29, 0.717) is 5.52 Å². The average molecular weight is 292 g/mol. The van der Waals surface area contributed by atoms with Crippen LogP contribution in [0.15, 0.2) is 41.3 Å². The van der Waals surface area contributed by atoms with Gasteiger partial charge in [-0.3, -0.25) is 4.79 Å². The average Bonchev–Trinajstić information content (AvgIpc) is 2.86. The Morgan fingerprint density at radius 1 is 1.09 bits per heavy atom. The molecule has 0 bridgehead atoms. The number of hydrogen-bond donors (Lipinski definition) is 1. The largest absolute Gasteiger partial charge is 0.497 e. The third-order valence-corrected chi connectivity index (χ3v) is 4.36. The lowest BCUT2D eigenvalue weighted by Crippen LogP contribution is -2.09. The standard InChI is InChI=1S/C18H16N2O2/c1-10-6-12-9-20-16-5-4-13(22-3)8-15(16)19-18(21)17(20)14(12)7-11(10)2/h4-9H,1-3H3,(H,19,21). The van der Waals surface area contributed by atoms with E-state index in [-0.39, 0.29) is 5.56 Å². The van der Waals surface area contributed by atoms with Crippen molar-refractivity contribution in [3.05, 3.63) is 58.0 Å². The van der Waals surface area contributed by atoms with E-state index >= 15 is 0 Å². The molecular formula is C18H16N2O2. The van der Waals surface area contributed by atoms with Gasteiger partial charge in [0.25, 0.3) is 5.56 Å². The first-order valence-corrected chi connectivity index (χ1v) is 7.20. The maximum absolute atomic E-state index is 12.5. The van der Waals surface area contributed by atoms with E-state index < -0.39 is 0 Å². The number of fused-ring (bicyclic) bond motifs is 5. The third kappa shape index (κ3) is 1.67. The number of aryl methyl sites for hydroxylation is 2. The molecule has 4 rings (SSSR count). The lowest BCUT2D eigenvalue weighted by molar-refractivity contribution is 0.415. The number of nitrogens with zero attached hydrogens (tertiary/aromatic N) is 1. The van der Waals surface area contributed by atoms with Crippen LogP contribution in [0.1, 0.15) is 11.1 Å². The zero-order valence-electron chi connectivity index (χ0n) is 12.7. The molecule has 4 heteroatoms. The van der Waals surface area contributed by atoms with Gasteiger partial charge < -0.3 is 14.1 Å². The van der Waals surface area contributed by atoms with E-state index in [9.17, 15) is 4.79 Å². The van der Waals surface area contributed by atoms with Gasteiger partial charge in [-0.05, 0) is 49.2 Å². The predicted octanol–water partition coefficient (Wildman–Crippen LogP) is 3.56. The van der Waals surface area contributed by atoms with Crippen LogP contribution in [0.3, 0.4) is 0 Å². The van der Waals surface area contributed by atoms with E-state index in [1.165, 1.54) is 11.1 Å². The molecule has 0 saturated carbocycles. The highest BCUT2D eigenvalue weighted by atomic mass is 16.5. The molecule has 110 valence electrons. The zero-order chi connectivity index (χ0) is 15.4. The number of rotatable bonds is 1. The predicted molar refractivity (Wildman–Crippen MR) is 89.1 cm³/mol. The summed E-state index contributed by atoms with van der Waals surface area (Å²) in [6, 6.07) is 9.94. The second-order valence-electron chi connectivity index (χ2n) is 5.71. The molecule has 0 aliphatic heterocycles. The molecule has 0 amide bonds. The van der Waals surface area contributed by atoms with Crippen LogP contribution in [0.4, 0.5) is 0 Å². The van der Waals surface area contributed by atoms with Crippen molar-refractivity contribution in [2.24, 2.45) is 0 Å². The van der Waals surface area contributed by atoms with Crippen molar-refractivity contribution in [1.82, 2.24) is 9.38 Å². The molecule has 1 N–H and O–H groups in total. The summed E-state index contributed by atoms with van der Waals surface area (Å²) in [4.78, 5) is 15.5. The van der Waals surface area contributed by atoms with E-state index in [2.05, 4.69) is 31.0 Å². The van der Waals surface area contributed by atoms with Crippen molar-refractivity contribution >= 4 is 27.3 Å². The van der Waals surface area contributed by atoms with Gasteiger partial charge in [0.1, 0.15) is 11.3 Å². The highest BCUT2D eigenvalue weighted by Crippen LogP contribution is 2.27. The Balaban J connectivity index is 2.24. The Labute approximate surface area is 127 Å². The summed E-state index contributed by atoms with van der Waals surface area (Å²) in [5.74, 6) is 0.728. The minimum absolute atomic E-state index is 0.0843. The van der Waals surface area contributed by atoms with Crippen LogP contribution in [-0.4, -0.2) is 16.5 Å². The molecule has 0 spiro atoms. The second kappa shape index (κ2) is 4.37. The monoisotopic (exact) mass is 292 g/mol. The minimum Gasteiger partial charge on any atom is -0.497 e. The molecular weight excluding hydrogens is 276 g/mol. The fourth-order valence-electron chi connectivity index (χ4n) is 3.04. The van der Waals surface area contributed by atoms with Crippen LogP contribution >= 0.6 is 0 Å². The Morgan fingerprint density at radius 2 is 1.86 bits per heavy atom. The lowest BCUT2D eigenvalue weighted by Gasteiger charge is -2.05. The lowest BCUT2D eigenvalue weighted by atomic mass is 10.1. The molecule has 4 aromatic rings. The molecule has 2 aromatic heterocycles. The SMILES string of the molecule is COc1ccc2c(c1)[nH]c(=O)c1c3cc(C)c(C)cc3cn21. The zero-order valence-corrected chi connectivity index (χ0v) is 12.7. The summed E-state index contributed by atoms with van der Waals surface area (Å²) >= 11 is 0. The van der Waals surface area contributed by atoms with Crippen molar-refractivity contribution in [2.75, 3.05) is 7.11 Å². The normalized spacial score (nSPS) is 11.6. The van der Waals surface area contributed by atoms with E-state index in [4.69, 9.17) is 4.74 Å². The molecule has 22 heavy (non-hydrogen) atoms. The number of methoxy groups -OCH3 is 1. The van der Waals surface area contributed by atoms with Gasteiger partial charge in [-0.1, -0.05) is 0 Å². The fourth-order valence-corrected chi connectivity index (χ4v) is 3.04. The van der Waals surface area contributed by atoms with E-state index in [1.54, 1.807) is 7.11 Å². The van der Waals surface area contributed by atoms with Crippen LogP contribution in [0.2, 0.25) is 0 Å². The van der Waals surface area contributed by atoms with Crippen LogP contribution in [0, 0.1) is 13.8 Å². The minimum atomic E-state index is -0.0843. The van der Waals surface area contributed by atoms with Gasteiger partial charge in [-0.25, -0.2) is 0 Å². The van der Waals surface area contributed by atoms with Crippen molar-refractivity contribution in [3.63, 3.8) is 0 Å². The van der Waals surface area contributed by atoms with E-state index in [0.717, 1.165) is 27.6 Å². The first-order valence-electron chi connectivity index (χ1n) is 7.20. The maximum atomic E-state index is 12.5. The molecule has 0 unspecified atom stereocenters. The molecule has 4 nitrogen and oxygen atoms in total. The molecule has 2 heterocycles. The molecule has 0 atom stereocenters. The van der Waals surface area contributed by atoms with Crippen LogP contribution in [0.25, 0.3) is 27.3 Å². The summed E-state index contributed by atoms with van der Waals surface area (Å²) in [6.07, 6.45) is 2.03. The maximum Gasteiger partial charge on any atom is 0.273 e. The van der Waals surface area contributed by atoms with Crippen molar-refractivity contribution in [2.45, 2.75) is 13.8 Å². The summed E-state index contributed by atoms with van der Waals surface area (Å²) in [5.41, 5.74) is 4.75. The van der Waals surface area contributed by atoms with Gasteiger partial charge >= 0.3 is 0 Å². The van der Waals surface area contributed by atoms with Crippen molar-refractivity contribution in [3.8, 4) is 5.75 Å². The fraction of sp³-hybridized carbons (Fsp3) is 0.167. The topological polar surface area (TPSA) is 46.5 Å². The number of nitrogens with one attached hydrogen (secondary N) is 1. The summed E-state index contributed by atoms with van der Waals surface area (Å²) in [6.45, 7) is 4.16. The highest BCUT2D eigenvalue weighted by molar-refractivity contribution is 6.00. The quantitative estimate of drug-likeness (QED) is 0.583. The second-order valence-corrected chi connectivity index (χ2v) is 5.71. The van der Waals surface area contributed by atoms with Gasteiger partial charge in [0, 0.05) is 23.0 Å². The first kappa shape index (κ1) is 13.0. The smallest absolute Gasteiger partial charge is 0.273 e. The molecule has 0 aliphatic rings. The van der Waals surface area contributed by atoms with Crippen LogP contribution in [-0.2, 0) is 0 Å². The van der Waals surface area contributed by atoms with Crippen LogP contribution in [0.5, 0.6) is 5.75 Å². The molecule has 2 aromatic carbocycles. The van der Waals surface area contributed by atoms with Gasteiger partial charge in [0.15, 0.2) is 0 Å². The number of ether oxygens (including phenoxy) is 1. The Morgan fingerprint density at radius 3 is 2.64 bits per heavy atom. The number of aromatic amines is 1. The summed E-state index contributed by atoms with van der Waals surface area (Å²) < 4.78 is 7.20. The van der Waals surface area contributed by atoms with Gasteiger partial charge in [0.05, 0.1) is 18.1 Å². The number of aromatic nitrogens is 2. The van der Waals surface area contributed by atoms with Crippen molar-refractivity contribution in [1.29, 1.82) is 0 Å². The molecule has 0 radical (unpaired) electrons. The molecule has 0 saturated heterocycles. The van der Waals surface area contributed by atoms with Gasteiger partial charge in [-0.15, -0.1) is 0 Å². The van der Waals surface area contributed by atoms with Gasteiger partial charge in [0.2, 0.25) is 0 Å². The van der Waals surface area contributed by atoms with Crippen molar-refractivity contribution < 1.29 is 4.74 Å². The summed E-state index contributed by atoms with van der Waals surface area (Å²) in [5, 5.41) is 2.07. The third-order valence-electron chi connectivity index (χ3n) is 4.36. The molecule has 0 fully saturated rings. The number of hydrogen-bond acceptors (Lipinski definition) is 2. The summed E-state index contributed by atoms with van der Waals surface area (Å²) in [7, 11) is 1.62. The Hall–Kier alpha value is -2.75. The molecule has 0 aliphatic carbocycles.